The molecule has 4 amide bonds. The van der Waals surface area contributed by atoms with Gasteiger partial charge in [0.15, 0.2) is 0 Å². The summed E-state index contributed by atoms with van der Waals surface area (Å²) in [5, 5.41) is 0.791. The lowest BCUT2D eigenvalue weighted by molar-refractivity contribution is -0.115. The normalized spacial score (nSPS) is 17.8. The zero-order valence-corrected chi connectivity index (χ0v) is 28.0. The quantitative estimate of drug-likeness (QED) is 0.234. The summed E-state index contributed by atoms with van der Waals surface area (Å²) in [5.74, 6) is 4.01. The number of nitrogens with two attached hydrogens (primary N) is 1. The van der Waals surface area contributed by atoms with Crippen molar-refractivity contribution in [1.29, 1.82) is 0 Å². The number of benzene rings is 1. The molecule has 0 radical (unpaired) electrons. The molecule has 258 valence electrons. The second kappa shape index (κ2) is 17.0. The number of carbonyl (C=O) groups excluding carboxylic acids is 4. The van der Waals surface area contributed by atoms with Crippen LogP contribution in [-0.4, -0.2) is 115 Å². The van der Waals surface area contributed by atoms with E-state index in [0.29, 0.717) is 63.4 Å². The maximum absolute atomic E-state index is 12.2. The third-order valence-electron chi connectivity index (χ3n) is 7.16. The van der Waals surface area contributed by atoms with Gasteiger partial charge in [-0.25, -0.2) is 15.5 Å². The Hall–Kier alpha value is -3.30. The highest BCUT2D eigenvalue weighted by atomic mass is 16.7. The van der Waals surface area contributed by atoms with E-state index < -0.39 is 23.0 Å². The molecule has 0 unspecified atom stereocenters. The Bertz CT molecular complexity index is 1130. The predicted molar refractivity (Wildman–Crippen MR) is 167 cm³/mol. The first-order chi connectivity index (χ1) is 21.7. The summed E-state index contributed by atoms with van der Waals surface area (Å²) in [6, 6.07) is 6.63. The van der Waals surface area contributed by atoms with Gasteiger partial charge in [-0.1, -0.05) is 12.1 Å². The van der Waals surface area contributed by atoms with Crippen LogP contribution in [0.25, 0.3) is 0 Å². The fourth-order valence-corrected chi connectivity index (χ4v) is 4.95. The number of imide groups is 1. The van der Waals surface area contributed by atoms with E-state index in [1.165, 1.54) is 0 Å². The number of rotatable bonds is 9. The van der Waals surface area contributed by atoms with Gasteiger partial charge in [-0.15, -0.1) is 5.06 Å². The number of carbonyl (C=O) groups is 4. The van der Waals surface area contributed by atoms with Crippen LogP contribution in [-0.2, 0) is 28.6 Å². The van der Waals surface area contributed by atoms with Gasteiger partial charge in [0.05, 0.1) is 49.8 Å². The molecule has 14 nitrogen and oxygen atoms in total. The number of piperidine rings is 2. The van der Waals surface area contributed by atoms with Crippen molar-refractivity contribution < 1.29 is 47.8 Å². The van der Waals surface area contributed by atoms with Crippen LogP contribution in [0, 0.1) is 0 Å². The molecule has 2 saturated heterocycles. The molecule has 3 heterocycles. The summed E-state index contributed by atoms with van der Waals surface area (Å²) < 4.78 is 22.0. The molecule has 3 aliphatic heterocycles. The van der Waals surface area contributed by atoms with Gasteiger partial charge in [-0.05, 0) is 79.4 Å². The van der Waals surface area contributed by atoms with Crippen molar-refractivity contribution in [3.63, 3.8) is 0 Å². The molecule has 4 rings (SSSR count). The summed E-state index contributed by atoms with van der Waals surface area (Å²) in [7, 11) is 0. The van der Waals surface area contributed by atoms with Crippen molar-refractivity contribution in [3.8, 4) is 0 Å². The van der Waals surface area contributed by atoms with Gasteiger partial charge >= 0.3 is 12.2 Å². The fourth-order valence-electron chi connectivity index (χ4n) is 4.95. The second-order valence-electron chi connectivity index (χ2n) is 13.2. The largest absolute Gasteiger partial charge is 0.444 e. The number of amides is 4. The monoisotopic (exact) mass is 650 g/mol. The van der Waals surface area contributed by atoms with Crippen molar-refractivity contribution in [3.05, 3.63) is 35.4 Å². The standard InChI is InChI=1S/C20H26N2O6.C12H24N2O4/c1-20(2,3)28-19(25)21-10-8-14(9-11-21)26-12-13-27-22-17(23)15-6-4-5-7-16(15)18(22)24;1-12(2,3)18-11(15)14-6-4-10(5-7-14)16-8-9-17-13/h4-7,14H,8-13H2,1-3H3;10H,4-9,13H2,1-3H3. The average Bonchev–Trinajstić information content (AvgIpc) is 3.23. The molecule has 0 bridgehead atoms. The van der Waals surface area contributed by atoms with Gasteiger partial charge in [-0.3, -0.25) is 14.4 Å². The van der Waals surface area contributed by atoms with Crippen molar-refractivity contribution in [1.82, 2.24) is 14.9 Å². The molecule has 3 aliphatic rings. The lowest BCUT2D eigenvalue weighted by atomic mass is 10.1. The molecule has 0 spiro atoms. The van der Waals surface area contributed by atoms with Gasteiger partial charge < -0.3 is 33.6 Å². The number of hydroxylamine groups is 2. The van der Waals surface area contributed by atoms with Gasteiger partial charge in [0.1, 0.15) is 11.2 Å². The smallest absolute Gasteiger partial charge is 0.410 e. The molecule has 0 aliphatic carbocycles. The molecular formula is C32H50N4O10. The highest BCUT2D eigenvalue weighted by Gasteiger charge is 2.36. The van der Waals surface area contributed by atoms with Crippen LogP contribution in [0.5, 0.6) is 0 Å². The van der Waals surface area contributed by atoms with E-state index in [2.05, 4.69) is 4.84 Å². The summed E-state index contributed by atoms with van der Waals surface area (Å²) in [6.45, 7) is 14.8. The van der Waals surface area contributed by atoms with Crippen molar-refractivity contribution in [2.75, 3.05) is 52.6 Å². The Morgan fingerprint density at radius 3 is 1.46 bits per heavy atom. The molecule has 1 aromatic carbocycles. The molecule has 46 heavy (non-hydrogen) atoms. The summed E-state index contributed by atoms with van der Waals surface area (Å²) in [5.41, 5.74) is -0.250. The van der Waals surface area contributed by atoms with E-state index in [0.717, 1.165) is 17.9 Å². The molecule has 2 N–H and O–H groups in total. The maximum atomic E-state index is 12.2. The zero-order chi connectivity index (χ0) is 33.9. The second-order valence-corrected chi connectivity index (χ2v) is 13.2. The minimum atomic E-state index is -0.508. The first kappa shape index (κ1) is 37.2. The van der Waals surface area contributed by atoms with E-state index in [-0.39, 0.29) is 37.6 Å². The Labute approximate surface area is 271 Å². The van der Waals surface area contributed by atoms with Gasteiger partial charge in [-0.2, -0.15) is 0 Å². The van der Waals surface area contributed by atoms with Crippen LogP contribution in [0.1, 0.15) is 87.9 Å². The third-order valence-corrected chi connectivity index (χ3v) is 7.16. The van der Waals surface area contributed by atoms with Crippen molar-refractivity contribution >= 4 is 24.0 Å². The minimum absolute atomic E-state index is 0.00413. The van der Waals surface area contributed by atoms with Gasteiger partial charge in [0, 0.05) is 26.2 Å². The van der Waals surface area contributed by atoms with E-state index in [1.54, 1.807) is 34.1 Å². The number of ether oxygens (including phenoxy) is 4. The summed E-state index contributed by atoms with van der Waals surface area (Å²) in [4.78, 5) is 61.4. The van der Waals surface area contributed by atoms with E-state index in [4.69, 9.17) is 29.7 Å². The molecule has 0 atom stereocenters. The van der Waals surface area contributed by atoms with Crippen LogP contribution >= 0.6 is 0 Å². The number of nitrogens with zero attached hydrogens (tertiary/aromatic N) is 3. The van der Waals surface area contributed by atoms with E-state index >= 15 is 0 Å². The van der Waals surface area contributed by atoms with Crippen molar-refractivity contribution in [2.45, 2.75) is 90.6 Å². The molecule has 2 fully saturated rings. The molecule has 0 saturated carbocycles. The fraction of sp³-hybridized carbons (Fsp3) is 0.688. The number of hydrogen-bond donors (Lipinski definition) is 1. The van der Waals surface area contributed by atoms with Crippen LogP contribution in [0.3, 0.4) is 0 Å². The van der Waals surface area contributed by atoms with Gasteiger partial charge in [0.25, 0.3) is 11.8 Å². The molecule has 0 aromatic heterocycles. The Morgan fingerprint density at radius 1 is 0.696 bits per heavy atom. The first-order valence-corrected chi connectivity index (χ1v) is 15.8. The predicted octanol–water partition coefficient (Wildman–Crippen LogP) is 3.92. The number of likely N-dealkylation sites (tertiary alicyclic amines) is 2. The molecular weight excluding hydrogens is 600 g/mol. The van der Waals surface area contributed by atoms with Crippen molar-refractivity contribution in [2.24, 2.45) is 5.90 Å². The lowest BCUT2D eigenvalue weighted by Gasteiger charge is -2.33. The Kier molecular flexibility index (Phi) is 13.8. The minimum Gasteiger partial charge on any atom is -0.444 e. The highest BCUT2D eigenvalue weighted by molar-refractivity contribution is 6.20. The lowest BCUT2D eigenvalue weighted by Crippen LogP contribution is -2.43. The van der Waals surface area contributed by atoms with Crippen LogP contribution in [0.2, 0.25) is 0 Å². The van der Waals surface area contributed by atoms with Crippen LogP contribution in [0.15, 0.2) is 24.3 Å². The van der Waals surface area contributed by atoms with E-state index in [9.17, 15) is 19.2 Å². The van der Waals surface area contributed by atoms with Crippen LogP contribution < -0.4 is 5.90 Å². The topological polar surface area (TPSA) is 159 Å². The maximum Gasteiger partial charge on any atom is 0.410 e. The SMILES string of the molecule is CC(C)(C)OC(=O)N1CCC(OCCON)CC1.CC(C)(C)OC(=O)N1CCC(OCCON2C(=O)c3ccccc3C2=O)CC1. The first-order valence-electron chi connectivity index (χ1n) is 15.8. The van der Waals surface area contributed by atoms with E-state index in [1.807, 2.05) is 41.5 Å². The average molecular weight is 651 g/mol. The van der Waals surface area contributed by atoms with Crippen LogP contribution in [0.4, 0.5) is 9.59 Å². The summed E-state index contributed by atoms with van der Waals surface area (Å²) in [6.07, 6.45) is 2.68. The highest BCUT2D eigenvalue weighted by Crippen LogP contribution is 2.23. The zero-order valence-electron chi connectivity index (χ0n) is 28.0. The molecule has 1 aromatic rings. The number of fused-ring (bicyclic) bond motifs is 1. The Morgan fingerprint density at radius 2 is 1.09 bits per heavy atom. The third kappa shape index (κ3) is 11.8. The summed E-state index contributed by atoms with van der Waals surface area (Å²) >= 11 is 0. The number of hydrogen-bond acceptors (Lipinski definition) is 11. The Balaban J connectivity index is 0.000000277. The van der Waals surface area contributed by atoms with Gasteiger partial charge in [0.2, 0.25) is 0 Å². The molecule has 14 heteroatoms.